The van der Waals surface area contributed by atoms with Gasteiger partial charge in [0.2, 0.25) is 0 Å². The topological polar surface area (TPSA) is 73.7 Å². The molecule has 0 bridgehead atoms. The number of nitrogens with zero attached hydrogens (tertiary/aromatic N) is 3. The fourth-order valence-electron chi connectivity index (χ4n) is 3.67. The van der Waals surface area contributed by atoms with Crippen molar-refractivity contribution in [1.82, 2.24) is 14.5 Å². The van der Waals surface area contributed by atoms with Crippen LogP contribution in [0.5, 0.6) is 5.75 Å². The number of halogens is 2. The first-order valence-corrected chi connectivity index (χ1v) is 9.88. The van der Waals surface area contributed by atoms with Gasteiger partial charge in [0, 0.05) is 24.5 Å². The zero-order valence-corrected chi connectivity index (χ0v) is 17.0. The Kier molecular flexibility index (Phi) is 7.02. The molecule has 2 atom stereocenters. The average Bonchev–Trinajstić information content (AvgIpc) is 3.20. The standard InChI is InChI=1S/C21H25F2N3O4/c1-14-4-3-5-15(2)26(14)19(27)13-29-17-8-6-16(7-9-17)20(28)30-12-18-24-10-11-25(18)21(22)23/h6-11,14-15,21H,3-5,12-13H2,1-2H3/t14-,15-/m0/s1. The van der Waals surface area contributed by atoms with E-state index >= 15 is 0 Å². The smallest absolute Gasteiger partial charge is 0.338 e. The molecule has 7 nitrogen and oxygen atoms in total. The SMILES string of the molecule is C[C@H]1CCC[C@H](C)N1C(=O)COc1ccc(C(=O)OCc2nccn2C(F)F)cc1. The van der Waals surface area contributed by atoms with Gasteiger partial charge in [0.25, 0.3) is 5.91 Å². The number of aromatic nitrogens is 2. The highest BCUT2D eigenvalue weighted by Gasteiger charge is 2.29. The lowest BCUT2D eigenvalue weighted by Crippen LogP contribution is -2.49. The second kappa shape index (κ2) is 9.69. The highest BCUT2D eigenvalue weighted by molar-refractivity contribution is 5.89. The van der Waals surface area contributed by atoms with Gasteiger partial charge in [-0.2, -0.15) is 8.78 Å². The zero-order valence-electron chi connectivity index (χ0n) is 17.0. The van der Waals surface area contributed by atoms with Crippen molar-refractivity contribution in [1.29, 1.82) is 0 Å². The minimum atomic E-state index is -2.75. The Morgan fingerprint density at radius 2 is 1.83 bits per heavy atom. The number of hydrogen-bond donors (Lipinski definition) is 0. The highest BCUT2D eigenvalue weighted by atomic mass is 19.3. The average molecular weight is 421 g/mol. The molecule has 1 amide bonds. The molecule has 30 heavy (non-hydrogen) atoms. The van der Waals surface area contributed by atoms with Crippen molar-refractivity contribution < 1.29 is 27.8 Å². The number of esters is 1. The van der Waals surface area contributed by atoms with E-state index in [1.54, 1.807) is 12.1 Å². The molecule has 162 valence electrons. The molecular formula is C21H25F2N3O4. The third kappa shape index (κ3) is 5.14. The number of amides is 1. The lowest BCUT2D eigenvalue weighted by molar-refractivity contribution is -0.139. The van der Waals surface area contributed by atoms with Crippen molar-refractivity contribution in [3.05, 3.63) is 48.0 Å². The minimum absolute atomic E-state index is 0.0435. The van der Waals surface area contributed by atoms with Crippen LogP contribution in [0.3, 0.4) is 0 Å². The molecule has 1 fully saturated rings. The van der Waals surface area contributed by atoms with E-state index in [4.69, 9.17) is 9.47 Å². The lowest BCUT2D eigenvalue weighted by Gasteiger charge is -2.38. The summed E-state index contributed by atoms with van der Waals surface area (Å²) >= 11 is 0. The van der Waals surface area contributed by atoms with Crippen molar-refractivity contribution in [2.45, 2.75) is 58.3 Å². The highest BCUT2D eigenvalue weighted by Crippen LogP contribution is 2.23. The quantitative estimate of drug-likeness (QED) is 0.636. The number of benzene rings is 1. The maximum atomic E-state index is 12.8. The summed E-state index contributed by atoms with van der Waals surface area (Å²) in [6, 6.07) is 6.51. The number of piperidine rings is 1. The van der Waals surface area contributed by atoms with E-state index in [1.165, 1.54) is 18.3 Å². The van der Waals surface area contributed by atoms with Crippen LogP contribution in [0, 0.1) is 0 Å². The third-order valence-corrected chi connectivity index (χ3v) is 5.23. The number of alkyl halides is 2. The molecular weight excluding hydrogens is 396 g/mol. The van der Waals surface area contributed by atoms with E-state index in [1.807, 2.05) is 18.7 Å². The van der Waals surface area contributed by atoms with Crippen LogP contribution in [0.15, 0.2) is 36.7 Å². The van der Waals surface area contributed by atoms with E-state index in [9.17, 15) is 18.4 Å². The van der Waals surface area contributed by atoms with Gasteiger partial charge in [0.1, 0.15) is 12.4 Å². The van der Waals surface area contributed by atoms with Gasteiger partial charge in [0.15, 0.2) is 12.4 Å². The Balaban J connectivity index is 1.51. The van der Waals surface area contributed by atoms with Crippen molar-refractivity contribution in [3.63, 3.8) is 0 Å². The molecule has 0 unspecified atom stereocenters. The van der Waals surface area contributed by atoms with Crippen LogP contribution in [0.2, 0.25) is 0 Å². The number of carbonyl (C=O) groups is 2. The first-order valence-electron chi connectivity index (χ1n) is 9.88. The lowest BCUT2D eigenvalue weighted by atomic mass is 9.97. The molecule has 0 N–H and O–H groups in total. The molecule has 2 heterocycles. The fourth-order valence-corrected chi connectivity index (χ4v) is 3.67. The monoisotopic (exact) mass is 421 g/mol. The molecule has 1 aromatic heterocycles. The van der Waals surface area contributed by atoms with Gasteiger partial charge in [-0.1, -0.05) is 0 Å². The first-order chi connectivity index (χ1) is 14.4. The van der Waals surface area contributed by atoms with Gasteiger partial charge in [-0.3, -0.25) is 9.36 Å². The van der Waals surface area contributed by atoms with Crippen LogP contribution in [0.1, 0.15) is 55.8 Å². The second-order valence-electron chi connectivity index (χ2n) is 7.35. The fraction of sp³-hybridized carbons (Fsp3) is 0.476. The van der Waals surface area contributed by atoms with Gasteiger partial charge in [-0.05, 0) is 57.4 Å². The Hall–Kier alpha value is -2.97. The van der Waals surface area contributed by atoms with Crippen LogP contribution in [0.4, 0.5) is 8.78 Å². The summed E-state index contributed by atoms with van der Waals surface area (Å²) in [5, 5.41) is 0. The van der Waals surface area contributed by atoms with Gasteiger partial charge in [-0.15, -0.1) is 0 Å². The van der Waals surface area contributed by atoms with Crippen LogP contribution >= 0.6 is 0 Å². The summed E-state index contributed by atoms with van der Waals surface area (Å²) in [6.07, 6.45) is 5.43. The molecule has 0 radical (unpaired) electrons. The Morgan fingerprint density at radius 3 is 2.47 bits per heavy atom. The first kappa shape index (κ1) is 21.7. The number of rotatable bonds is 7. The molecule has 3 rings (SSSR count). The predicted octanol–water partition coefficient (Wildman–Crippen LogP) is 3.80. The van der Waals surface area contributed by atoms with E-state index < -0.39 is 12.5 Å². The molecule has 1 aliphatic heterocycles. The van der Waals surface area contributed by atoms with Crippen molar-refractivity contribution in [2.24, 2.45) is 0 Å². The number of ether oxygens (including phenoxy) is 2. The van der Waals surface area contributed by atoms with Gasteiger partial charge < -0.3 is 14.4 Å². The zero-order chi connectivity index (χ0) is 21.7. The van der Waals surface area contributed by atoms with Crippen LogP contribution in [-0.2, 0) is 16.1 Å². The Labute approximate surface area is 173 Å². The van der Waals surface area contributed by atoms with Crippen LogP contribution in [-0.4, -0.2) is 45.0 Å². The number of likely N-dealkylation sites (tertiary alicyclic amines) is 1. The molecule has 1 saturated heterocycles. The molecule has 2 aromatic rings. The summed E-state index contributed by atoms with van der Waals surface area (Å²) in [6.45, 7) is 0.893. The summed E-state index contributed by atoms with van der Waals surface area (Å²) in [5.74, 6) is -0.325. The second-order valence-corrected chi connectivity index (χ2v) is 7.35. The van der Waals surface area contributed by atoms with E-state index in [-0.39, 0.29) is 42.6 Å². The van der Waals surface area contributed by atoms with Gasteiger partial charge >= 0.3 is 12.5 Å². The Morgan fingerprint density at radius 1 is 1.17 bits per heavy atom. The number of hydrogen-bond acceptors (Lipinski definition) is 5. The van der Waals surface area contributed by atoms with Gasteiger partial charge in [-0.25, -0.2) is 9.78 Å². The van der Waals surface area contributed by atoms with Crippen LogP contribution in [0.25, 0.3) is 0 Å². The summed E-state index contributed by atoms with van der Waals surface area (Å²) in [5.41, 5.74) is 0.238. The summed E-state index contributed by atoms with van der Waals surface area (Å²) in [7, 11) is 0. The largest absolute Gasteiger partial charge is 0.484 e. The van der Waals surface area contributed by atoms with E-state index in [0.717, 1.165) is 25.5 Å². The maximum Gasteiger partial charge on any atom is 0.338 e. The number of imidazole rings is 1. The van der Waals surface area contributed by atoms with Crippen molar-refractivity contribution >= 4 is 11.9 Å². The molecule has 0 saturated carbocycles. The van der Waals surface area contributed by atoms with E-state index in [0.29, 0.717) is 10.3 Å². The van der Waals surface area contributed by atoms with Crippen molar-refractivity contribution in [2.75, 3.05) is 6.61 Å². The third-order valence-electron chi connectivity index (χ3n) is 5.23. The molecule has 1 aromatic carbocycles. The van der Waals surface area contributed by atoms with E-state index in [2.05, 4.69) is 4.98 Å². The number of carbonyl (C=O) groups excluding carboxylic acids is 2. The Bertz CT molecular complexity index is 859. The minimum Gasteiger partial charge on any atom is -0.484 e. The molecule has 1 aliphatic rings. The molecule has 9 heteroatoms. The molecule has 0 spiro atoms. The predicted molar refractivity (Wildman–Crippen MR) is 104 cm³/mol. The van der Waals surface area contributed by atoms with Crippen LogP contribution < -0.4 is 4.74 Å². The summed E-state index contributed by atoms with van der Waals surface area (Å²) in [4.78, 5) is 30.3. The van der Waals surface area contributed by atoms with Gasteiger partial charge in [0.05, 0.1) is 5.56 Å². The summed E-state index contributed by atoms with van der Waals surface area (Å²) < 4.78 is 36.8. The van der Waals surface area contributed by atoms with Crippen molar-refractivity contribution in [3.8, 4) is 5.75 Å². The molecule has 0 aliphatic carbocycles. The maximum absolute atomic E-state index is 12.8. The normalized spacial score (nSPS) is 19.0.